The third-order valence-corrected chi connectivity index (χ3v) is 24.8. The van der Waals surface area contributed by atoms with Gasteiger partial charge in [0.25, 0.3) is 0 Å². The summed E-state index contributed by atoms with van der Waals surface area (Å²) >= 11 is 0. The fraction of sp³-hybridized carbons (Fsp3) is 0.875. The Bertz CT molecular complexity index is 2050. The van der Waals surface area contributed by atoms with Crippen LogP contribution in [-0.2, 0) is 33.1 Å². The van der Waals surface area contributed by atoms with Crippen LogP contribution in [-0.4, -0.2) is 74.8 Å². The van der Waals surface area contributed by atoms with Gasteiger partial charge in [-0.15, -0.1) is 0 Å². The van der Waals surface area contributed by atoms with Crippen molar-refractivity contribution >= 4 is 69.1 Å². The zero-order valence-corrected chi connectivity index (χ0v) is 76.6. The zero-order valence-electron chi connectivity index (χ0n) is 70.6. The monoisotopic (exact) mass is 1630 g/mol. The average molecular weight is 1630 g/mol. The minimum absolute atomic E-state index is 0. The normalized spacial score (nSPS) is 11.8. The van der Waals surface area contributed by atoms with E-state index in [0.29, 0.717) is 0 Å². The molecule has 0 radical (unpaired) electrons. The molecule has 0 aliphatic rings. The standard InChI is InChI=1S/2C48H90O3S.Ba/c2*1-2-3-4-5-6-7-8-9-10-11-12-13-14-15-16-17-18-19-20-21-22-23-24-25-26-27-28-29-30-31-32-33-34-35-36-37-38-39-40-41-42-47-43-45-48(46-44-47)52(49,50)51;/h2*43-46H,2-42H2,1H3,(H,49,50,51);/q;;+2/p-2. The molecule has 9 heteroatoms. The minimum Gasteiger partial charge on any atom is -0.744 e. The molecule has 0 heterocycles. The second kappa shape index (κ2) is 84.7. The van der Waals surface area contributed by atoms with E-state index in [-0.39, 0.29) is 58.7 Å². The largest absolute Gasteiger partial charge is 2.00 e. The Balaban J connectivity index is 0.00000204. The molecule has 0 aliphatic heterocycles. The molecule has 2 aromatic rings. The van der Waals surface area contributed by atoms with Gasteiger partial charge in [0.15, 0.2) is 0 Å². The fourth-order valence-electron chi connectivity index (χ4n) is 15.9. The SMILES string of the molecule is CCCCCCCCCCCCCCCCCCCCCCCCCCCCCCCCCCCCCCCCCCc1ccc(S(=O)(=O)[O-])cc1.CCCCCCCCCCCCCCCCCCCCCCCCCCCCCCCCCCCCCCCCCCc1ccc(S(=O)(=O)[O-])cc1.[Ba+2]. The Hall–Kier alpha value is -0.169. The topological polar surface area (TPSA) is 114 Å². The van der Waals surface area contributed by atoms with Crippen molar-refractivity contribution in [2.75, 3.05) is 0 Å². The summed E-state index contributed by atoms with van der Waals surface area (Å²) in [6, 6.07) is 12.8. The molecule has 0 spiro atoms. The van der Waals surface area contributed by atoms with E-state index in [4.69, 9.17) is 0 Å². The number of hydrogen-bond acceptors (Lipinski definition) is 6. The fourth-order valence-corrected chi connectivity index (χ4v) is 16.8. The predicted octanol–water partition coefficient (Wildman–Crippen LogP) is 33.1. The molecule has 0 aromatic heterocycles. The van der Waals surface area contributed by atoms with Gasteiger partial charge in [-0.1, -0.05) is 539 Å². The molecule has 0 bridgehead atoms. The minimum atomic E-state index is -4.33. The molecule has 612 valence electrons. The van der Waals surface area contributed by atoms with Crippen LogP contribution in [0.15, 0.2) is 58.3 Å². The summed E-state index contributed by atoms with van der Waals surface area (Å²) < 4.78 is 66.1. The van der Waals surface area contributed by atoms with Crippen LogP contribution in [0.5, 0.6) is 0 Å². The van der Waals surface area contributed by atoms with E-state index in [2.05, 4.69) is 13.8 Å². The number of unbranched alkanes of at least 4 members (excludes halogenated alkanes) is 78. The third kappa shape index (κ3) is 80.2. The summed E-state index contributed by atoms with van der Waals surface area (Å²) in [6.07, 6.45) is 117. The van der Waals surface area contributed by atoms with Crippen LogP contribution >= 0.6 is 0 Å². The van der Waals surface area contributed by atoms with Crippen molar-refractivity contribution < 1.29 is 25.9 Å². The Morgan fingerprint density at radius 1 is 0.171 bits per heavy atom. The summed E-state index contributed by atoms with van der Waals surface area (Å²) in [5, 5.41) is 0. The van der Waals surface area contributed by atoms with Crippen molar-refractivity contribution in [1.29, 1.82) is 0 Å². The molecule has 0 saturated heterocycles. The van der Waals surface area contributed by atoms with Crippen LogP contribution in [0.2, 0.25) is 0 Å². The third-order valence-electron chi connectivity index (χ3n) is 23.1. The Morgan fingerprint density at radius 2 is 0.267 bits per heavy atom. The number of hydrogen-bond donors (Lipinski definition) is 0. The van der Waals surface area contributed by atoms with Gasteiger partial charge in [0.1, 0.15) is 20.2 Å². The second-order valence-corrected chi connectivity index (χ2v) is 36.0. The zero-order chi connectivity index (χ0) is 74.9. The van der Waals surface area contributed by atoms with Crippen molar-refractivity contribution in [2.45, 2.75) is 550 Å². The summed E-state index contributed by atoms with van der Waals surface area (Å²) in [5.74, 6) is 0. The number of rotatable bonds is 84. The summed E-state index contributed by atoms with van der Waals surface area (Å²) in [5.41, 5.74) is 2.23. The van der Waals surface area contributed by atoms with Crippen molar-refractivity contribution in [2.24, 2.45) is 0 Å². The first kappa shape index (κ1) is 105. The van der Waals surface area contributed by atoms with E-state index in [9.17, 15) is 25.9 Å². The quantitative estimate of drug-likeness (QED) is 0.0370. The molecular formula is C96H178BaO6S2. The van der Waals surface area contributed by atoms with E-state index < -0.39 is 20.2 Å². The van der Waals surface area contributed by atoms with E-state index in [1.807, 2.05) is 0 Å². The van der Waals surface area contributed by atoms with Gasteiger partial charge in [0.2, 0.25) is 0 Å². The van der Waals surface area contributed by atoms with E-state index in [1.165, 1.54) is 525 Å². The summed E-state index contributed by atoms with van der Waals surface area (Å²) in [4.78, 5) is -0.263. The first-order chi connectivity index (χ1) is 51.1. The molecule has 6 nitrogen and oxygen atoms in total. The van der Waals surface area contributed by atoms with Crippen LogP contribution in [0.1, 0.15) is 539 Å². The van der Waals surface area contributed by atoms with Gasteiger partial charge in [-0.25, -0.2) is 16.8 Å². The van der Waals surface area contributed by atoms with Crippen LogP contribution in [0, 0.1) is 0 Å². The maximum absolute atomic E-state index is 11.0. The van der Waals surface area contributed by atoms with Gasteiger partial charge in [0.05, 0.1) is 9.79 Å². The molecule has 105 heavy (non-hydrogen) atoms. The molecule has 0 aliphatic carbocycles. The number of benzene rings is 2. The van der Waals surface area contributed by atoms with Crippen LogP contribution in [0.3, 0.4) is 0 Å². The summed E-state index contributed by atoms with van der Waals surface area (Å²) in [6.45, 7) is 4.61. The Kier molecular flexibility index (Phi) is 84.6. The molecule has 2 rings (SSSR count). The molecular weight excluding hydrogens is 1450 g/mol. The van der Waals surface area contributed by atoms with Gasteiger partial charge in [0, 0.05) is 0 Å². The first-order valence-corrected chi connectivity index (χ1v) is 50.0. The Morgan fingerprint density at radius 3 is 0.362 bits per heavy atom. The second-order valence-electron chi connectivity index (χ2n) is 33.3. The van der Waals surface area contributed by atoms with Crippen LogP contribution < -0.4 is 0 Å². The predicted molar refractivity (Wildman–Crippen MR) is 463 cm³/mol. The van der Waals surface area contributed by atoms with Crippen LogP contribution in [0.4, 0.5) is 0 Å². The van der Waals surface area contributed by atoms with Crippen LogP contribution in [0.25, 0.3) is 0 Å². The van der Waals surface area contributed by atoms with E-state index in [1.54, 1.807) is 24.3 Å². The van der Waals surface area contributed by atoms with Gasteiger partial charge >= 0.3 is 48.9 Å². The Labute approximate surface area is 698 Å². The van der Waals surface area contributed by atoms with Crippen molar-refractivity contribution in [1.82, 2.24) is 0 Å². The van der Waals surface area contributed by atoms with E-state index in [0.717, 1.165) is 36.8 Å². The average Bonchev–Trinajstić information content (AvgIpc) is 0.873. The van der Waals surface area contributed by atoms with Gasteiger partial charge in [-0.3, -0.25) is 0 Å². The van der Waals surface area contributed by atoms with Gasteiger partial charge in [-0.05, 0) is 61.1 Å². The molecule has 0 saturated carbocycles. The van der Waals surface area contributed by atoms with E-state index >= 15 is 0 Å². The summed E-state index contributed by atoms with van der Waals surface area (Å²) in [7, 11) is -8.67. The molecule has 0 atom stereocenters. The maximum Gasteiger partial charge on any atom is 2.00 e. The van der Waals surface area contributed by atoms with Gasteiger partial charge < -0.3 is 9.11 Å². The maximum atomic E-state index is 11.0. The van der Waals surface area contributed by atoms with Crippen molar-refractivity contribution in [3.63, 3.8) is 0 Å². The smallest absolute Gasteiger partial charge is 0.744 e. The molecule has 0 unspecified atom stereocenters. The first-order valence-electron chi connectivity index (χ1n) is 47.2. The molecule has 0 amide bonds. The molecule has 2 aromatic carbocycles. The molecule has 0 fully saturated rings. The number of aryl methyl sites for hydroxylation is 2. The van der Waals surface area contributed by atoms with Gasteiger partial charge in [-0.2, -0.15) is 0 Å². The van der Waals surface area contributed by atoms with Crippen molar-refractivity contribution in [3.05, 3.63) is 59.7 Å². The van der Waals surface area contributed by atoms with Crippen molar-refractivity contribution in [3.8, 4) is 0 Å². The molecule has 0 N–H and O–H groups in total.